The van der Waals surface area contributed by atoms with E-state index in [1.807, 2.05) is 31.2 Å². The summed E-state index contributed by atoms with van der Waals surface area (Å²) in [5.74, 6) is -0.0472. The molecule has 5 heteroatoms. The SMILES string of the molecule is CCC(=O)N1c2ccccc2CC1C(=O)NCCCN1CCc2ccccc2C1. The van der Waals surface area contributed by atoms with Gasteiger partial charge in [-0.2, -0.15) is 0 Å². The molecule has 2 aliphatic rings. The van der Waals surface area contributed by atoms with Crippen LogP contribution in [-0.4, -0.2) is 42.4 Å². The quantitative estimate of drug-likeness (QED) is 0.771. The zero-order chi connectivity index (χ0) is 20.2. The number of fused-ring (bicyclic) bond motifs is 2. The maximum atomic E-state index is 12.8. The van der Waals surface area contributed by atoms with Gasteiger partial charge in [0.05, 0.1) is 0 Å². The van der Waals surface area contributed by atoms with Crippen molar-refractivity contribution < 1.29 is 9.59 Å². The molecule has 2 amide bonds. The molecule has 4 rings (SSSR count). The molecule has 2 aromatic rings. The van der Waals surface area contributed by atoms with Gasteiger partial charge in [0, 0.05) is 44.7 Å². The highest BCUT2D eigenvalue weighted by atomic mass is 16.2. The summed E-state index contributed by atoms with van der Waals surface area (Å²) in [5, 5.41) is 3.07. The number of carbonyl (C=O) groups excluding carboxylic acids is 2. The molecular weight excluding hydrogens is 362 g/mol. The Balaban J connectivity index is 1.28. The Kier molecular flexibility index (Phi) is 5.95. The van der Waals surface area contributed by atoms with E-state index in [1.165, 1.54) is 11.1 Å². The van der Waals surface area contributed by atoms with Gasteiger partial charge >= 0.3 is 0 Å². The molecule has 0 bridgehead atoms. The molecule has 5 nitrogen and oxygen atoms in total. The Morgan fingerprint density at radius 2 is 1.76 bits per heavy atom. The van der Waals surface area contributed by atoms with Gasteiger partial charge in [0.2, 0.25) is 11.8 Å². The molecule has 0 fully saturated rings. The van der Waals surface area contributed by atoms with Crippen molar-refractivity contribution in [2.75, 3.05) is 24.5 Å². The van der Waals surface area contributed by atoms with E-state index in [-0.39, 0.29) is 11.8 Å². The summed E-state index contributed by atoms with van der Waals surface area (Å²) >= 11 is 0. The van der Waals surface area contributed by atoms with Crippen molar-refractivity contribution in [1.82, 2.24) is 10.2 Å². The fraction of sp³-hybridized carbons (Fsp3) is 0.417. The normalized spacial score (nSPS) is 18.2. The molecule has 0 aromatic heterocycles. The lowest BCUT2D eigenvalue weighted by Crippen LogP contribution is -2.48. The van der Waals surface area contributed by atoms with Gasteiger partial charge < -0.3 is 5.32 Å². The molecule has 0 spiro atoms. The average Bonchev–Trinajstić information content (AvgIpc) is 3.15. The number of anilines is 1. The molecule has 2 aromatic carbocycles. The second-order valence-electron chi connectivity index (χ2n) is 7.91. The average molecular weight is 392 g/mol. The third-order valence-corrected chi connectivity index (χ3v) is 6.01. The van der Waals surface area contributed by atoms with E-state index in [0.717, 1.165) is 43.7 Å². The Hall–Kier alpha value is -2.66. The first-order chi connectivity index (χ1) is 14.2. The minimum absolute atomic E-state index is 0.00193. The van der Waals surface area contributed by atoms with E-state index in [4.69, 9.17) is 0 Å². The van der Waals surface area contributed by atoms with Crippen LogP contribution in [0.1, 0.15) is 36.5 Å². The minimum Gasteiger partial charge on any atom is -0.354 e. The Bertz CT molecular complexity index is 895. The molecular formula is C24H29N3O2. The summed E-state index contributed by atoms with van der Waals surface area (Å²) in [6.07, 6.45) is 3.00. The van der Waals surface area contributed by atoms with Crippen LogP contribution in [0.4, 0.5) is 5.69 Å². The van der Waals surface area contributed by atoms with E-state index in [9.17, 15) is 9.59 Å². The van der Waals surface area contributed by atoms with Crippen LogP contribution in [0.2, 0.25) is 0 Å². The van der Waals surface area contributed by atoms with Crippen LogP contribution in [0.3, 0.4) is 0 Å². The smallest absolute Gasteiger partial charge is 0.243 e. The fourth-order valence-corrected chi connectivity index (χ4v) is 4.45. The lowest BCUT2D eigenvalue weighted by molar-refractivity contribution is -0.126. The van der Waals surface area contributed by atoms with Crippen molar-refractivity contribution in [2.24, 2.45) is 0 Å². The van der Waals surface area contributed by atoms with Gasteiger partial charge in [0.15, 0.2) is 0 Å². The number of para-hydroxylation sites is 1. The summed E-state index contributed by atoms with van der Waals surface area (Å²) in [7, 11) is 0. The monoisotopic (exact) mass is 391 g/mol. The van der Waals surface area contributed by atoms with Gasteiger partial charge in [0.1, 0.15) is 6.04 Å². The van der Waals surface area contributed by atoms with E-state index in [0.29, 0.717) is 19.4 Å². The van der Waals surface area contributed by atoms with Crippen LogP contribution in [0.15, 0.2) is 48.5 Å². The third-order valence-electron chi connectivity index (χ3n) is 6.01. The van der Waals surface area contributed by atoms with Crippen molar-refractivity contribution in [3.8, 4) is 0 Å². The van der Waals surface area contributed by atoms with Crippen molar-refractivity contribution in [3.05, 3.63) is 65.2 Å². The van der Waals surface area contributed by atoms with Gasteiger partial charge in [-0.1, -0.05) is 49.4 Å². The largest absolute Gasteiger partial charge is 0.354 e. The molecule has 1 N–H and O–H groups in total. The fourth-order valence-electron chi connectivity index (χ4n) is 4.45. The maximum Gasteiger partial charge on any atom is 0.243 e. The molecule has 0 saturated heterocycles. The Morgan fingerprint density at radius 3 is 2.55 bits per heavy atom. The third kappa shape index (κ3) is 4.20. The molecule has 2 heterocycles. The maximum absolute atomic E-state index is 12.8. The van der Waals surface area contributed by atoms with Gasteiger partial charge in [-0.05, 0) is 35.6 Å². The molecule has 152 valence electrons. The summed E-state index contributed by atoms with van der Waals surface area (Å²) in [4.78, 5) is 29.4. The van der Waals surface area contributed by atoms with Gasteiger partial charge in [-0.15, -0.1) is 0 Å². The Morgan fingerprint density at radius 1 is 1.03 bits per heavy atom. The standard InChI is InChI=1S/C24H29N3O2/c1-2-23(28)27-21-11-6-5-9-19(21)16-22(27)24(29)25-13-7-14-26-15-12-18-8-3-4-10-20(18)17-26/h3-6,8-11,22H,2,7,12-17H2,1H3,(H,25,29). The lowest BCUT2D eigenvalue weighted by Gasteiger charge is -2.29. The first-order valence-corrected chi connectivity index (χ1v) is 10.6. The first kappa shape index (κ1) is 19.6. The second-order valence-corrected chi connectivity index (χ2v) is 7.91. The van der Waals surface area contributed by atoms with E-state index in [2.05, 4.69) is 34.5 Å². The van der Waals surface area contributed by atoms with E-state index < -0.39 is 6.04 Å². The molecule has 1 atom stereocenters. The highest BCUT2D eigenvalue weighted by molar-refractivity contribution is 6.03. The number of hydrogen-bond acceptors (Lipinski definition) is 3. The topological polar surface area (TPSA) is 52.7 Å². The van der Waals surface area contributed by atoms with Crippen LogP contribution in [0, 0.1) is 0 Å². The molecule has 2 aliphatic heterocycles. The molecule has 0 radical (unpaired) electrons. The number of benzene rings is 2. The summed E-state index contributed by atoms with van der Waals surface area (Å²) in [6.45, 7) is 5.51. The number of nitrogens with one attached hydrogen (secondary N) is 1. The summed E-state index contributed by atoms with van der Waals surface area (Å²) in [6, 6.07) is 16.0. The number of amides is 2. The second kappa shape index (κ2) is 8.78. The number of carbonyl (C=O) groups is 2. The van der Waals surface area contributed by atoms with Crippen molar-refractivity contribution in [2.45, 2.75) is 45.2 Å². The van der Waals surface area contributed by atoms with Crippen LogP contribution in [0.5, 0.6) is 0 Å². The van der Waals surface area contributed by atoms with Crippen LogP contribution in [-0.2, 0) is 29.0 Å². The number of hydrogen-bond donors (Lipinski definition) is 1. The predicted molar refractivity (Wildman–Crippen MR) is 115 cm³/mol. The van der Waals surface area contributed by atoms with Crippen LogP contribution in [0.25, 0.3) is 0 Å². The zero-order valence-electron chi connectivity index (χ0n) is 17.1. The number of rotatable bonds is 6. The van der Waals surface area contributed by atoms with Crippen molar-refractivity contribution in [3.63, 3.8) is 0 Å². The van der Waals surface area contributed by atoms with Gasteiger partial charge in [-0.25, -0.2) is 0 Å². The lowest BCUT2D eigenvalue weighted by atomic mass is 10.00. The summed E-state index contributed by atoms with van der Waals surface area (Å²) in [5.41, 5.74) is 4.83. The van der Waals surface area contributed by atoms with Crippen molar-refractivity contribution in [1.29, 1.82) is 0 Å². The van der Waals surface area contributed by atoms with Gasteiger partial charge in [-0.3, -0.25) is 19.4 Å². The number of nitrogens with zero attached hydrogens (tertiary/aromatic N) is 2. The van der Waals surface area contributed by atoms with Crippen LogP contribution >= 0.6 is 0 Å². The molecule has 1 unspecified atom stereocenters. The first-order valence-electron chi connectivity index (χ1n) is 10.6. The van der Waals surface area contributed by atoms with E-state index in [1.54, 1.807) is 4.90 Å². The molecule has 0 saturated carbocycles. The zero-order valence-corrected chi connectivity index (χ0v) is 17.1. The van der Waals surface area contributed by atoms with Gasteiger partial charge in [0.25, 0.3) is 0 Å². The summed E-state index contributed by atoms with van der Waals surface area (Å²) < 4.78 is 0. The highest BCUT2D eigenvalue weighted by Gasteiger charge is 2.37. The predicted octanol–water partition coefficient (Wildman–Crippen LogP) is 2.92. The van der Waals surface area contributed by atoms with Crippen LogP contribution < -0.4 is 10.2 Å². The molecule has 29 heavy (non-hydrogen) atoms. The Labute approximate surface area is 172 Å². The van der Waals surface area contributed by atoms with E-state index >= 15 is 0 Å². The van der Waals surface area contributed by atoms with Crippen molar-refractivity contribution >= 4 is 17.5 Å². The molecule has 0 aliphatic carbocycles. The minimum atomic E-state index is -0.429. The highest BCUT2D eigenvalue weighted by Crippen LogP contribution is 2.32.